The highest BCUT2D eigenvalue weighted by molar-refractivity contribution is 7.92. The van der Waals surface area contributed by atoms with Crippen LogP contribution < -0.4 is 9.46 Å². The molecular weight excluding hydrogens is 332 g/mol. The van der Waals surface area contributed by atoms with Crippen LogP contribution in [0, 0.1) is 17.0 Å². The molecule has 2 aromatic carbocycles. The van der Waals surface area contributed by atoms with Crippen molar-refractivity contribution in [2.45, 2.75) is 31.8 Å². The lowest BCUT2D eigenvalue weighted by molar-refractivity contribution is -0.385. The molecule has 0 saturated heterocycles. The molecule has 2 aromatic rings. The molecule has 0 bridgehead atoms. The van der Waals surface area contributed by atoms with E-state index in [9.17, 15) is 18.5 Å². The fourth-order valence-corrected chi connectivity index (χ4v) is 3.50. The van der Waals surface area contributed by atoms with E-state index in [1.807, 2.05) is 13.8 Å². The second-order valence-corrected chi connectivity index (χ2v) is 7.10. The maximum absolute atomic E-state index is 12.5. The van der Waals surface area contributed by atoms with E-state index in [2.05, 4.69) is 4.72 Å². The molecule has 24 heavy (non-hydrogen) atoms. The Labute approximate surface area is 140 Å². The van der Waals surface area contributed by atoms with E-state index in [0.29, 0.717) is 11.4 Å². The van der Waals surface area contributed by atoms with Crippen molar-refractivity contribution in [2.75, 3.05) is 4.72 Å². The van der Waals surface area contributed by atoms with E-state index in [0.717, 1.165) is 0 Å². The van der Waals surface area contributed by atoms with Crippen molar-refractivity contribution < 1.29 is 18.1 Å². The molecule has 0 saturated carbocycles. The minimum absolute atomic E-state index is 0.0139. The van der Waals surface area contributed by atoms with E-state index < -0.39 is 14.9 Å². The average Bonchev–Trinajstić information content (AvgIpc) is 2.48. The standard InChI is InChI=1S/C16H18N2O5S/c1-11(2)23-14-9-7-13(8-10-14)17-24(21,22)16-6-4-5-15(12(16)3)18(19)20/h4-11,17H,1-3H3. The van der Waals surface area contributed by atoms with E-state index in [-0.39, 0.29) is 22.3 Å². The minimum atomic E-state index is -3.93. The van der Waals surface area contributed by atoms with Gasteiger partial charge in [0.2, 0.25) is 0 Å². The summed E-state index contributed by atoms with van der Waals surface area (Å²) in [7, 11) is -3.93. The molecule has 128 valence electrons. The molecule has 0 amide bonds. The number of sulfonamides is 1. The summed E-state index contributed by atoms with van der Waals surface area (Å²) in [5.41, 5.74) is 0.199. The number of anilines is 1. The summed E-state index contributed by atoms with van der Waals surface area (Å²) in [6, 6.07) is 10.4. The van der Waals surface area contributed by atoms with Crippen molar-refractivity contribution in [3.8, 4) is 5.75 Å². The Balaban J connectivity index is 2.29. The lowest BCUT2D eigenvalue weighted by atomic mass is 10.2. The highest BCUT2D eigenvalue weighted by Crippen LogP contribution is 2.27. The van der Waals surface area contributed by atoms with Crippen LogP contribution in [0.15, 0.2) is 47.4 Å². The Morgan fingerprint density at radius 2 is 1.75 bits per heavy atom. The molecular formula is C16H18N2O5S. The fourth-order valence-electron chi connectivity index (χ4n) is 2.18. The van der Waals surface area contributed by atoms with Gasteiger partial charge in [-0.25, -0.2) is 8.42 Å². The molecule has 0 aromatic heterocycles. The number of nitrogens with one attached hydrogen (secondary N) is 1. The van der Waals surface area contributed by atoms with Gasteiger partial charge in [0.25, 0.3) is 15.7 Å². The molecule has 0 heterocycles. The van der Waals surface area contributed by atoms with Crippen LogP contribution in [0.5, 0.6) is 5.75 Å². The highest BCUT2D eigenvalue weighted by atomic mass is 32.2. The van der Waals surface area contributed by atoms with Gasteiger partial charge in [-0.2, -0.15) is 0 Å². The van der Waals surface area contributed by atoms with Gasteiger partial charge in [-0.05, 0) is 51.1 Å². The number of nitrogens with zero attached hydrogens (tertiary/aromatic N) is 1. The molecule has 0 fully saturated rings. The van der Waals surface area contributed by atoms with Crippen molar-refractivity contribution >= 4 is 21.4 Å². The summed E-state index contributed by atoms with van der Waals surface area (Å²) >= 11 is 0. The minimum Gasteiger partial charge on any atom is -0.491 e. The molecule has 0 radical (unpaired) electrons. The largest absolute Gasteiger partial charge is 0.491 e. The highest BCUT2D eigenvalue weighted by Gasteiger charge is 2.22. The summed E-state index contributed by atoms with van der Waals surface area (Å²) in [6.07, 6.45) is 0.0139. The van der Waals surface area contributed by atoms with Crippen molar-refractivity contribution in [1.82, 2.24) is 0 Å². The van der Waals surface area contributed by atoms with Gasteiger partial charge in [-0.1, -0.05) is 6.07 Å². The van der Waals surface area contributed by atoms with Crippen LogP contribution in [-0.4, -0.2) is 19.4 Å². The number of nitro benzene ring substituents is 1. The van der Waals surface area contributed by atoms with Gasteiger partial charge >= 0.3 is 0 Å². The predicted molar refractivity (Wildman–Crippen MR) is 90.8 cm³/mol. The molecule has 8 heteroatoms. The number of ether oxygens (including phenoxy) is 1. The average molecular weight is 350 g/mol. The Morgan fingerprint density at radius 3 is 2.29 bits per heavy atom. The van der Waals surface area contributed by atoms with Crippen LogP contribution in [0.25, 0.3) is 0 Å². The van der Waals surface area contributed by atoms with Crippen molar-refractivity contribution in [2.24, 2.45) is 0 Å². The fraction of sp³-hybridized carbons (Fsp3) is 0.250. The molecule has 0 aliphatic heterocycles. The summed E-state index contributed by atoms with van der Waals surface area (Å²) in [5.74, 6) is 0.625. The maximum Gasteiger partial charge on any atom is 0.273 e. The first-order valence-electron chi connectivity index (χ1n) is 7.24. The molecule has 0 atom stereocenters. The first-order valence-corrected chi connectivity index (χ1v) is 8.72. The second kappa shape index (κ2) is 6.88. The van der Waals surface area contributed by atoms with E-state index in [1.54, 1.807) is 24.3 Å². The van der Waals surface area contributed by atoms with E-state index >= 15 is 0 Å². The van der Waals surface area contributed by atoms with Gasteiger partial charge < -0.3 is 4.74 Å². The first kappa shape index (κ1) is 17.7. The zero-order valence-electron chi connectivity index (χ0n) is 13.5. The van der Waals surface area contributed by atoms with Gasteiger partial charge in [-0.15, -0.1) is 0 Å². The number of nitro groups is 1. The third-order valence-corrected chi connectivity index (χ3v) is 4.75. The van der Waals surface area contributed by atoms with Crippen LogP contribution in [0.3, 0.4) is 0 Å². The van der Waals surface area contributed by atoms with Crippen molar-refractivity contribution in [3.63, 3.8) is 0 Å². The van der Waals surface area contributed by atoms with E-state index in [4.69, 9.17) is 4.74 Å². The normalized spacial score (nSPS) is 11.3. The summed E-state index contributed by atoms with van der Waals surface area (Å²) in [5, 5.41) is 11.0. The molecule has 0 spiro atoms. The second-order valence-electron chi connectivity index (χ2n) is 5.45. The third kappa shape index (κ3) is 4.02. The summed E-state index contributed by atoms with van der Waals surface area (Å²) in [6.45, 7) is 5.19. The smallest absolute Gasteiger partial charge is 0.273 e. The number of hydrogen-bond donors (Lipinski definition) is 1. The van der Waals surface area contributed by atoms with Crippen molar-refractivity contribution in [3.05, 3.63) is 58.1 Å². The van der Waals surface area contributed by atoms with Gasteiger partial charge in [-0.3, -0.25) is 14.8 Å². The molecule has 0 unspecified atom stereocenters. The quantitative estimate of drug-likeness (QED) is 0.635. The summed E-state index contributed by atoms with van der Waals surface area (Å²) in [4.78, 5) is 10.2. The van der Waals surface area contributed by atoms with Crippen LogP contribution in [-0.2, 0) is 10.0 Å². The molecule has 1 N–H and O–H groups in total. The number of hydrogen-bond acceptors (Lipinski definition) is 5. The molecule has 0 aliphatic rings. The molecule has 7 nitrogen and oxygen atoms in total. The van der Waals surface area contributed by atoms with E-state index in [1.165, 1.54) is 25.1 Å². The number of rotatable bonds is 6. The predicted octanol–water partition coefficient (Wildman–Crippen LogP) is 3.49. The van der Waals surface area contributed by atoms with Gasteiger partial charge in [0, 0.05) is 17.3 Å². The van der Waals surface area contributed by atoms with Crippen LogP contribution >= 0.6 is 0 Å². The van der Waals surface area contributed by atoms with Gasteiger partial charge in [0.15, 0.2) is 0 Å². The Kier molecular flexibility index (Phi) is 5.08. The van der Waals surface area contributed by atoms with Crippen LogP contribution in [0.2, 0.25) is 0 Å². The lowest BCUT2D eigenvalue weighted by Gasteiger charge is -2.12. The Bertz CT molecular complexity index is 845. The van der Waals surface area contributed by atoms with Gasteiger partial charge in [0.1, 0.15) is 5.75 Å². The van der Waals surface area contributed by atoms with Crippen LogP contribution in [0.4, 0.5) is 11.4 Å². The Morgan fingerprint density at radius 1 is 1.12 bits per heavy atom. The summed E-state index contributed by atoms with van der Waals surface area (Å²) < 4.78 is 32.9. The lowest BCUT2D eigenvalue weighted by Crippen LogP contribution is -2.15. The zero-order chi connectivity index (χ0) is 17.9. The SMILES string of the molecule is Cc1c([N+](=O)[O-])cccc1S(=O)(=O)Nc1ccc(OC(C)C)cc1. The monoisotopic (exact) mass is 350 g/mol. The molecule has 0 aliphatic carbocycles. The zero-order valence-corrected chi connectivity index (χ0v) is 14.3. The third-order valence-electron chi connectivity index (χ3n) is 3.22. The molecule has 2 rings (SSSR count). The Hall–Kier alpha value is -2.61. The topological polar surface area (TPSA) is 98.5 Å². The maximum atomic E-state index is 12.5. The van der Waals surface area contributed by atoms with Crippen LogP contribution in [0.1, 0.15) is 19.4 Å². The van der Waals surface area contributed by atoms with Crippen molar-refractivity contribution in [1.29, 1.82) is 0 Å². The number of benzene rings is 2. The first-order chi connectivity index (χ1) is 11.2. The van der Waals surface area contributed by atoms with Gasteiger partial charge in [0.05, 0.1) is 15.9 Å².